The van der Waals surface area contributed by atoms with Crippen LogP contribution < -0.4 is 5.32 Å². The fraction of sp³-hybridized carbons (Fsp3) is 0.500. The van der Waals surface area contributed by atoms with Crippen LogP contribution in [-0.4, -0.2) is 25.2 Å². The second-order valence-electron chi connectivity index (χ2n) is 6.59. The number of carbonyl (C=O) groups is 1. The molecular weight excluding hydrogens is 262 g/mol. The van der Waals surface area contributed by atoms with Crippen LogP contribution in [-0.2, 0) is 14.9 Å². The Morgan fingerprint density at radius 2 is 2.05 bits per heavy atom. The monoisotopic (exact) mass is 287 g/mol. The average Bonchev–Trinajstić information content (AvgIpc) is 2.95. The summed E-state index contributed by atoms with van der Waals surface area (Å²) in [7, 11) is 0. The van der Waals surface area contributed by atoms with Gasteiger partial charge in [0.1, 0.15) is 0 Å². The van der Waals surface area contributed by atoms with Crippen molar-refractivity contribution in [2.45, 2.75) is 45.1 Å². The Balaban J connectivity index is 1.83. The average molecular weight is 287 g/mol. The van der Waals surface area contributed by atoms with Crippen LogP contribution >= 0.6 is 0 Å². The fourth-order valence-corrected chi connectivity index (χ4v) is 2.34. The molecule has 1 saturated heterocycles. The van der Waals surface area contributed by atoms with E-state index in [4.69, 9.17) is 4.74 Å². The second-order valence-corrected chi connectivity index (χ2v) is 6.59. The van der Waals surface area contributed by atoms with Gasteiger partial charge in [0.15, 0.2) is 0 Å². The number of hydrogen-bond acceptors (Lipinski definition) is 2. The SMILES string of the molecule is CC(C)(C)c1ccc(/C=C/C(=O)NCC2CCCO2)cc1. The van der Waals surface area contributed by atoms with Crippen LogP contribution in [0.4, 0.5) is 0 Å². The zero-order chi connectivity index (χ0) is 15.3. The van der Waals surface area contributed by atoms with E-state index in [1.807, 2.05) is 18.2 Å². The molecule has 1 atom stereocenters. The molecule has 1 aromatic rings. The first-order valence-corrected chi connectivity index (χ1v) is 7.63. The Morgan fingerprint density at radius 3 is 2.62 bits per heavy atom. The lowest BCUT2D eigenvalue weighted by Crippen LogP contribution is -2.30. The quantitative estimate of drug-likeness (QED) is 0.863. The maximum atomic E-state index is 11.7. The van der Waals surface area contributed by atoms with Crippen molar-refractivity contribution in [3.05, 3.63) is 41.5 Å². The molecule has 114 valence electrons. The van der Waals surface area contributed by atoms with E-state index in [0.717, 1.165) is 25.0 Å². The Bertz CT molecular complexity index is 491. The number of benzene rings is 1. The summed E-state index contributed by atoms with van der Waals surface area (Å²) in [5.74, 6) is -0.0644. The predicted molar refractivity (Wildman–Crippen MR) is 86.2 cm³/mol. The van der Waals surface area contributed by atoms with Gasteiger partial charge in [-0.15, -0.1) is 0 Å². The Kier molecular flexibility index (Phi) is 5.18. The van der Waals surface area contributed by atoms with Crippen molar-refractivity contribution in [2.24, 2.45) is 0 Å². The first kappa shape index (κ1) is 15.8. The summed E-state index contributed by atoms with van der Waals surface area (Å²) in [5.41, 5.74) is 2.48. The standard InChI is InChI=1S/C18H25NO2/c1-18(2,3)15-9-6-14(7-10-15)8-11-17(20)19-13-16-5-4-12-21-16/h6-11,16H,4-5,12-13H2,1-3H3,(H,19,20)/b11-8+. The van der Waals surface area contributed by atoms with Gasteiger partial charge in [-0.1, -0.05) is 45.0 Å². The number of amides is 1. The molecule has 0 aromatic heterocycles. The highest BCUT2D eigenvalue weighted by molar-refractivity contribution is 5.91. The highest BCUT2D eigenvalue weighted by Crippen LogP contribution is 2.22. The molecule has 0 bridgehead atoms. The van der Waals surface area contributed by atoms with Crippen LogP contribution in [0.2, 0.25) is 0 Å². The lowest BCUT2D eigenvalue weighted by atomic mass is 9.87. The minimum Gasteiger partial charge on any atom is -0.376 e. The van der Waals surface area contributed by atoms with Crippen molar-refractivity contribution in [3.63, 3.8) is 0 Å². The minimum atomic E-state index is -0.0644. The minimum absolute atomic E-state index is 0.0644. The first-order chi connectivity index (χ1) is 9.95. The summed E-state index contributed by atoms with van der Waals surface area (Å²) < 4.78 is 5.47. The third kappa shape index (κ3) is 5.01. The maximum Gasteiger partial charge on any atom is 0.244 e. The fourth-order valence-electron chi connectivity index (χ4n) is 2.34. The normalized spacial score (nSPS) is 19.1. The van der Waals surface area contributed by atoms with E-state index < -0.39 is 0 Å². The summed E-state index contributed by atoms with van der Waals surface area (Å²) in [6, 6.07) is 8.32. The summed E-state index contributed by atoms with van der Waals surface area (Å²) in [6.07, 6.45) is 5.75. The van der Waals surface area contributed by atoms with Crippen LogP contribution in [0.3, 0.4) is 0 Å². The maximum absolute atomic E-state index is 11.7. The zero-order valence-electron chi connectivity index (χ0n) is 13.2. The van der Waals surface area contributed by atoms with E-state index in [9.17, 15) is 4.79 Å². The summed E-state index contributed by atoms with van der Waals surface area (Å²) >= 11 is 0. The molecule has 1 aromatic carbocycles. The molecule has 0 spiro atoms. The van der Waals surface area contributed by atoms with Crippen LogP contribution in [0.15, 0.2) is 30.3 Å². The van der Waals surface area contributed by atoms with Gasteiger partial charge >= 0.3 is 0 Å². The lowest BCUT2D eigenvalue weighted by molar-refractivity contribution is -0.116. The Hall–Kier alpha value is -1.61. The summed E-state index contributed by atoms with van der Waals surface area (Å²) in [5, 5.41) is 2.88. The van der Waals surface area contributed by atoms with E-state index in [2.05, 4.69) is 38.2 Å². The largest absolute Gasteiger partial charge is 0.376 e. The van der Waals surface area contributed by atoms with Crippen LogP contribution in [0.5, 0.6) is 0 Å². The van der Waals surface area contributed by atoms with Crippen molar-refractivity contribution < 1.29 is 9.53 Å². The van der Waals surface area contributed by atoms with Gasteiger partial charge in [0.05, 0.1) is 6.10 Å². The molecular formula is C18H25NO2. The molecule has 3 nitrogen and oxygen atoms in total. The highest BCUT2D eigenvalue weighted by atomic mass is 16.5. The van der Waals surface area contributed by atoms with Gasteiger partial charge in [0.25, 0.3) is 0 Å². The van der Waals surface area contributed by atoms with Crippen LogP contribution in [0.25, 0.3) is 6.08 Å². The number of hydrogen-bond donors (Lipinski definition) is 1. The van der Waals surface area contributed by atoms with Gasteiger partial charge < -0.3 is 10.1 Å². The van der Waals surface area contributed by atoms with Crippen molar-refractivity contribution >= 4 is 12.0 Å². The van der Waals surface area contributed by atoms with E-state index in [1.54, 1.807) is 6.08 Å². The van der Waals surface area contributed by atoms with Gasteiger partial charge in [0.2, 0.25) is 5.91 Å². The van der Waals surface area contributed by atoms with Crippen molar-refractivity contribution in [3.8, 4) is 0 Å². The Morgan fingerprint density at radius 1 is 1.33 bits per heavy atom. The van der Waals surface area contributed by atoms with Gasteiger partial charge in [-0.05, 0) is 35.5 Å². The molecule has 3 heteroatoms. The molecule has 21 heavy (non-hydrogen) atoms. The van der Waals surface area contributed by atoms with Gasteiger partial charge in [-0.3, -0.25) is 4.79 Å². The summed E-state index contributed by atoms with van der Waals surface area (Å²) in [4.78, 5) is 11.7. The third-order valence-corrected chi connectivity index (χ3v) is 3.73. The molecule has 1 amide bonds. The van der Waals surface area contributed by atoms with E-state index >= 15 is 0 Å². The number of carbonyl (C=O) groups excluding carboxylic acids is 1. The molecule has 2 rings (SSSR count). The summed E-state index contributed by atoms with van der Waals surface area (Å²) in [6.45, 7) is 7.99. The van der Waals surface area contributed by atoms with Crippen LogP contribution in [0.1, 0.15) is 44.7 Å². The van der Waals surface area contributed by atoms with Crippen LogP contribution in [0, 0.1) is 0 Å². The molecule has 0 aliphatic carbocycles. The molecule has 0 saturated carbocycles. The number of ether oxygens (including phenoxy) is 1. The number of nitrogens with one attached hydrogen (secondary N) is 1. The molecule has 1 fully saturated rings. The van der Waals surface area contributed by atoms with Gasteiger partial charge in [-0.2, -0.15) is 0 Å². The molecule has 1 aliphatic rings. The molecule has 1 heterocycles. The second kappa shape index (κ2) is 6.90. The predicted octanol–water partition coefficient (Wildman–Crippen LogP) is 3.29. The third-order valence-electron chi connectivity index (χ3n) is 3.73. The number of rotatable bonds is 4. The smallest absolute Gasteiger partial charge is 0.244 e. The molecule has 1 unspecified atom stereocenters. The topological polar surface area (TPSA) is 38.3 Å². The van der Waals surface area contributed by atoms with Gasteiger partial charge in [0, 0.05) is 19.2 Å². The molecule has 0 radical (unpaired) electrons. The van der Waals surface area contributed by atoms with Gasteiger partial charge in [-0.25, -0.2) is 0 Å². The molecule has 1 N–H and O–H groups in total. The van der Waals surface area contributed by atoms with Crippen molar-refractivity contribution in [1.82, 2.24) is 5.32 Å². The van der Waals surface area contributed by atoms with E-state index in [0.29, 0.717) is 6.54 Å². The highest BCUT2D eigenvalue weighted by Gasteiger charge is 2.15. The van der Waals surface area contributed by atoms with E-state index in [-0.39, 0.29) is 17.4 Å². The first-order valence-electron chi connectivity index (χ1n) is 7.63. The van der Waals surface area contributed by atoms with E-state index in [1.165, 1.54) is 5.56 Å². The zero-order valence-corrected chi connectivity index (χ0v) is 13.2. The lowest BCUT2D eigenvalue weighted by Gasteiger charge is -2.18. The van der Waals surface area contributed by atoms with Crippen molar-refractivity contribution in [2.75, 3.05) is 13.2 Å². The van der Waals surface area contributed by atoms with Crippen molar-refractivity contribution in [1.29, 1.82) is 0 Å². The Labute approximate surface area is 127 Å². The molecule has 1 aliphatic heterocycles.